The van der Waals surface area contributed by atoms with Gasteiger partial charge in [-0.2, -0.15) is 5.10 Å². The lowest BCUT2D eigenvalue weighted by molar-refractivity contribution is 0.529. The van der Waals surface area contributed by atoms with E-state index in [2.05, 4.69) is 21.6 Å². The summed E-state index contributed by atoms with van der Waals surface area (Å²) in [6.07, 6.45) is 4.35. The van der Waals surface area contributed by atoms with Crippen molar-refractivity contribution in [1.82, 2.24) is 20.2 Å². The summed E-state index contributed by atoms with van der Waals surface area (Å²) < 4.78 is 1.89. The molecule has 17 heavy (non-hydrogen) atoms. The molecule has 0 aliphatic heterocycles. The molecular formula is C12H17N5. The van der Waals surface area contributed by atoms with Gasteiger partial charge in [0.05, 0.1) is 11.7 Å². The van der Waals surface area contributed by atoms with Gasteiger partial charge in [-0.25, -0.2) is 0 Å². The molecule has 1 unspecified atom stereocenters. The van der Waals surface area contributed by atoms with E-state index in [0.717, 1.165) is 23.4 Å². The topological polar surface area (TPSA) is 68.8 Å². The highest BCUT2D eigenvalue weighted by molar-refractivity contribution is 5.19. The lowest BCUT2D eigenvalue weighted by Crippen LogP contribution is -2.30. The fourth-order valence-electron chi connectivity index (χ4n) is 1.93. The number of hydrogen-bond donors (Lipinski definition) is 2. The van der Waals surface area contributed by atoms with Crippen molar-refractivity contribution in [2.24, 2.45) is 12.9 Å². The van der Waals surface area contributed by atoms with E-state index in [4.69, 9.17) is 5.84 Å². The van der Waals surface area contributed by atoms with Gasteiger partial charge in [0.15, 0.2) is 0 Å². The molecule has 2 rings (SSSR count). The lowest BCUT2D eigenvalue weighted by atomic mass is 10.0. The fraction of sp³-hybridized carbons (Fsp3) is 0.333. The number of hydrazine groups is 1. The molecule has 0 amide bonds. The molecule has 2 aromatic heterocycles. The Hall–Kier alpha value is -1.72. The standard InChI is InChI=1S/C12H17N5/c1-9-7-11(17(2)16-9)8-12(15-13)10-3-5-14-6-4-10/h3-7,12,15H,8,13H2,1-2H3. The molecule has 0 spiro atoms. The summed E-state index contributed by atoms with van der Waals surface area (Å²) in [5.74, 6) is 5.61. The van der Waals surface area contributed by atoms with Crippen LogP contribution in [0.1, 0.15) is 23.0 Å². The van der Waals surface area contributed by atoms with Gasteiger partial charge in [0.2, 0.25) is 0 Å². The lowest BCUT2D eigenvalue weighted by Gasteiger charge is -2.15. The Labute approximate surface area is 101 Å². The van der Waals surface area contributed by atoms with Crippen molar-refractivity contribution in [1.29, 1.82) is 0 Å². The van der Waals surface area contributed by atoms with Gasteiger partial charge < -0.3 is 0 Å². The van der Waals surface area contributed by atoms with E-state index >= 15 is 0 Å². The summed E-state index contributed by atoms with van der Waals surface area (Å²) in [6.45, 7) is 1.99. The Bertz CT molecular complexity index is 477. The van der Waals surface area contributed by atoms with E-state index in [-0.39, 0.29) is 6.04 Å². The molecule has 3 N–H and O–H groups in total. The van der Waals surface area contributed by atoms with Gasteiger partial charge in [-0.15, -0.1) is 0 Å². The van der Waals surface area contributed by atoms with Gasteiger partial charge in [0, 0.05) is 31.6 Å². The van der Waals surface area contributed by atoms with E-state index in [9.17, 15) is 0 Å². The van der Waals surface area contributed by atoms with Crippen molar-refractivity contribution in [3.8, 4) is 0 Å². The molecule has 5 heteroatoms. The summed E-state index contributed by atoms with van der Waals surface area (Å²) in [5.41, 5.74) is 6.14. The van der Waals surface area contributed by atoms with Crippen molar-refractivity contribution >= 4 is 0 Å². The highest BCUT2D eigenvalue weighted by Gasteiger charge is 2.13. The predicted octanol–water partition coefficient (Wildman–Crippen LogP) is 0.871. The molecule has 0 aliphatic carbocycles. The zero-order valence-electron chi connectivity index (χ0n) is 10.1. The highest BCUT2D eigenvalue weighted by atomic mass is 15.3. The Morgan fingerprint density at radius 2 is 2.12 bits per heavy atom. The summed E-state index contributed by atoms with van der Waals surface area (Å²) in [5, 5.41) is 4.33. The number of nitrogens with zero attached hydrogens (tertiary/aromatic N) is 3. The zero-order valence-corrected chi connectivity index (χ0v) is 10.1. The van der Waals surface area contributed by atoms with Gasteiger partial charge in [0.1, 0.15) is 0 Å². The number of pyridine rings is 1. The van der Waals surface area contributed by atoms with Crippen LogP contribution in [0.5, 0.6) is 0 Å². The van der Waals surface area contributed by atoms with Crippen LogP contribution in [0.3, 0.4) is 0 Å². The maximum Gasteiger partial charge on any atom is 0.0596 e. The molecule has 0 saturated heterocycles. The third-order valence-corrected chi connectivity index (χ3v) is 2.82. The third kappa shape index (κ3) is 2.69. The summed E-state index contributed by atoms with van der Waals surface area (Å²) in [6, 6.07) is 6.08. The quantitative estimate of drug-likeness (QED) is 0.605. The molecule has 0 fully saturated rings. The maximum absolute atomic E-state index is 5.61. The van der Waals surface area contributed by atoms with Crippen LogP contribution in [-0.4, -0.2) is 14.8 Å². The first-order chi connectivity index (χ1) is 8.20. The van der Waals surface area contributed by atoms with Gasteiger partial charge >= 0.3 is 0 Å². The van der Waals surface area contributed by atoms with Crippen LogP contribution in [0.4, 0.5) is 0 Å². The number of nitrogens with two attached hydrogens (primary N) is 1. The van der Waals surface area contributed by atoms with Crippen LogP contribution in [-0.2, 0) is 13.5 Å². The van der Waals surface area contributed by atoms with Crippen LogP contribution in [0.2, 0.25) is 0 Å². The van der Waals surface area contributed by atoms with Gasteiger partial charge in [0.25, 0.3) is 0 Å². The Morgan fingerprint density at radius 3 is 2.65 bits per heavy atom. The van der Waals surface area contributed by atoms with Gasteiger partial charge in [-0.3, -0.25) is 20.9 Å². The van der Waals surface area contributed by atoms with E-state index in [1.54, 1.807) is 12.4 Å². The first-order valence-electron chi connectivity index (χ1n) is 5.56. The van der Waals surface area contributed by atoms with Crippen molar-refractivity contribution in [2.45, 2.75) is 19.4 Å². The van der Waals surface area contributed by atoms with Crippen molar-refractivity contribution in [3.63, 3.8) is 0 Å². The minimum Gasteiger partial charge on any atom is -0.272 e. The molecule has 2 heterocycles. The molecule has 2 aromatic rings. The molecule has 1 atom stereocenters. The molecular weight excluding hydrogens is 214 g/mol. The van der Waals surface area contributed by atoms with E-state index in [1.165, 1.54) is 0 Å². The minimum absolute atomic E-state index is 0.0767. The first kappa shape index (κ1) is 11.8. The summed E-state index contributed by atoms with van der Waals surface area (Å²) >= 11 is 0. The van der Waals surface area contributed by atoms with E-state index in [1.807, 2.05) is 30.8 Å². The first-order valence-corrected chi connectivity index (χ1v) is 5.56. The van der Waals surface area contributed by atoms with Crippen molar-refractivity contribution in [3.05, 3.63) is 47.5 Å². The molecule has 0 aliphatic rings. The average Bonchev–Trinajstić information content (AvgIpc) is 2.66. The minimum atomic E-state index is 0.0767. The Kier molecular flexibility index (Phi) is 3.51. The predicted molar refractivity (Wildman–Crippen MR) is 66.0 cm³/mol. The van der Waals surface area contributed by atoms with Crippen LogP contribution < -0.4 is 11.3 Å². The highest BCUT2D eigenvalue weighted by Crippen LogP contribution is 2.17. The molecule has 90 valence electrons. The molecule has 0 bridgehead atoms. The number of aryl methyl sites for hydroxylation is 2. The van der Waals surface area contributed by atoms with Gasteiger partial charge in [-0.1, -0.05) is 0 Å². The second-order valence-corrected chi connectivity index (χ2v) is 4.10. The SMILES string of the molecule is Cc1cc(CC(NN)c2ccncc2)n(C)n1. The Morgan fingerprint density at radius 1 is 1.41 bits per heavy atom. The average molecular weight is 231 g/mol. The van der Waals surface area contributed by atoms with Crippen molar-refractivity contribution < 1.29 is 0 Å². The number of aromatic nitrogens is 3. The van der Waals surface area contributed by atoms with Gasteiger partial charge in [-0.05, 0) is 30.7 Å². The van der Waals surface area contributed by atoms with E-state index in [0.29, 0.717) is 0 Å². The monoisotopic (exact) mass is 231 g/mol. The number of rotatable bonds is 4. The molecule has 0 aromatic carbocycles. The zero-order chi connectivity index (χ0) is 12.3. The normalized spacial score (nSPS) is 12.6. The maximum atomic E-state index is 5.61. The second kappa shape index (κ2) is 5.07. The largest absolute Gasteiger partial charge is 0.272 e. The van der Waals surface area contributed by atoms with Crippen LogP contribution >= 0.6 is 0 Å². The summed E-state index contributed by atoms with van der Waals surface area (Å²) in [4.78, 5) is 4.00. The number of nitrogens with one attached hydrogen (secondary N) is 1. The fourth-order valence-corrected chi connectivity index (χ4v) is 1.93. The van der Waals surface area contributed by atoms with E-state index < -0.39 is 0 Å². The molecule has 0 radical (unpaired) electrons. The number of hydrogen-bond acceptors (Lipinski definition) is 4. The van der Waals surface area contributed by atoms with Crippen LogP contribution in [0.15, 0.2) is 30.6 Å². The molecule has 0 saturated carbocycles. The van der Waals surface area contributed by atoms with Crippen LogP contribution in [0.25, 0.3) is 0 Å². The summed E-state index contributed by atoms with van der Waals surface area (Å²) in [7, 11) is 1.95. The third-order valence-electron chi connectivity index (χ3n) is 2.82. The van der Waals surface area contributed by atoms with Crippen molar-refractivity contribution in [2.75, 3.05) is 0 Å². The smallest absolute Gasteiger partial charge is 0.0596 e. The Balaban J connectivity index is 2.18. The van der Waals surface area contributed by atoms with Crippen LogP contribution in [0, 0.1) is 6.92 Å². The second-order valence-electron chi connectivity index (χ2n) is 4.10. The molecule has 5 nitrogen and oxygen atoms in total.